The van der Waals surface area contributed by atoms with Gasteiger partial charge in [-0.25, -0.2) is 5.43 Å². The van der Waals surface area contributed by atoms with Crippen LogP contribution >= 0.6 is 0 Å². The molecule has 1 aromatic carbocycles. The number of benzene rings is 1. The van der Waals surface area contributed by atoms with Gasteiger partial charge in [0.25, 0.3) is 17.5 Å². The first-order valence-corrected chi connectivity index (χ1v) is 7.98. The van der Waals surface area contributed by atoms with Crippen LogP contribution in [0.2, 0.25) is 0 Å². The number of nitrogens with one attached hydrogen (secondary N) is 1. The Morgan fingerprint density at radius 2 is 2.08 bits per heavy atom. The number of likely N-dealkylation sites (tertiary alicyclic amines) is 1. The van der Waals surface area contributed by atoms with Gasteiger partial charge >= 0.3 is 0 Å². The number of furan rings is 1. The molecule has 1 atom stereocenters. The van der Waals surface area contributed by atoms with Gasteiger partial charge in [0.05, 0.1) is 17.4 Å². The fourth-order valence-electron chi connectivity index (χ4n) is 2.77. The highest BCUT2D eigenvalue weighted by Gasteiger charge is 2.34. The number of hydrogen-bond donors (Lipinski definition) is 1. The average Bonchev–Trinajstić information content (AvgIpc) is 3.33. The predicted octanol–water partition coefficient (Wildman–Crippen LogP) is 1.94. The molecule has 1 saturated heterocycles. The standard InChI is InChI=1S/C17H16N4O5/c22-16(19-18-11-14-3-2-10-26-14)15-4-1-9-20(15)17(23)12-5-7-13(8-6-12)21(24)25/h2-3,5-8,10-11,15H,1,4,9H2,(H,19,22)/t15-/m0/s1. The predicted molar refractivity (Wildman–Crippen MR) is 91.6 cm³/mol. The van der Waals surface area contributed by atoms with E-state index >= 15 is 0 Å². The van der Waals surface area contributed by atoms with Gasteiger partial charge in [-0.1, -0.05) is 0 Å². The van der Waals surface area contributed by atoms with E-state index < -0.39 is 11.0 Å². The molecule has 9 heteroatoms. The van der Waals surface area contributed by atoms with Crippen LogP contribution in [0, 0.1) is 10.1 Å². The van der Waals surface area contributed by atoms with Crippen LogP contribution in [0.1, 0.15) is 29.0 Å². The molecule has 2 heterocycles. The fraction of sp³-hybridized carbons (Fsp3) is 0.235. The maximum Gasteiger partial charge on any atom is 0.269 e. The molecule has 0 aliphatic carbocycles. The Labute approximate surface area is 148 Å². The van der Waals surface area contributed by atoms with Crippen LogP contribution in [0.25, 0.3) is 0 Å². The number of nitro benzene ring substituents is 1. The lowest BCUT2D eigenvalue weighted by Crippen LogP contribution is -2.44. The lowest BCUT2D eigenvalue weighted by atomic mass is 10.1. The summed E-state index contributed by atoms with van der Waals surface area (Å²) in [5.41, 5.74) is 2.62. The molecular formula is C17H16N4O5. The number of amides is 2. The molecule has 1 N–H and O–H groups in total. The SMILES string of the molecule is O=C(NN=Cc1ccco1)[C@@H]1CCCN1C(=O)c1ccc([N+](=O)[O-])cc1. The summed E-state index contributed by atoms with van der Waals surface area (Å²) in [6.45, 7) is 0.440. The maximum absolute atomic E-state index is 12.6. The van der Waals surface area contributed by atoms with Crippen molar-refractivity contribution in [2.75, 3.05) is 6.54 Å². The van der Waals surface area contributed by atoms with Gasteiger partial charge in [-0.2, -0.15) is 5.10 Å². The van der Waals surface area contributed by atoms with Crippen LogP contribution in [-0.2, 0) is 4.79 Å². The van der Waals surface area contributed by atoms with E-state index in [0.29, 0.717) is 30.7 Å². The summed E-state index contributed by atoms with van der Waals surface area (Å²) in [7, 11) is 0. The molecular weight excluding hydrogens is 340 g/mol. The van der Waals surface area contributed by atoms with Gasteiger partial charge in [-0.05, 0) is 37.1 Å². The van der Waals surface area contributed by atoms with Crippen LogP contribution in [0.3, 0.4) is 0 Å². The van der Waals surface area contributed by atoms with Crippen molar-refractivity contribution < 1.29 is 18.9 Å². The third kappa shape index (κ3) is 3.77. The molecule has 1 aliphatic rings. The van der Waals surface area contributed by atoms with Crippen molar-refractivity contribution in [1.82, 2.24) is 10.3 Å². The van der Waals surface area contributed by atoms with Crippen LogP contribution in [0.15, 0.2) is 52.2 Å². The van der Waals surface area contributed by atoms with Crippen molar-refractivity contribution in [2.24, 2.45) is 5.10 Å². The Balaban J connectivity index is 1.65. The number of nitro groups is 1. The quantitative estimate of drug-likeness (QED) is 0.499. The van der Waals surface area contributed by atoms with Gasteiger partial charge in [-0.15, -0.1) is 0 Å². The van der Waals surface area contributed by atoms with E-state index in [9.17, 15) is 19.7 Å². The minimum atomic E-state index is -0.633. The van der Waals surface area contributed by atoms with Crippen molar-refractivity contribution in [3.05, 3.63) is 64.1 Å². The lowest BCUT2D eigenvalue weighted by molar-refractivity contribution is -0.384. The Hall–Kier alpha value is -3.49. The second-order valence-electron chi connectivity index (χ2n) is 5.71. The summed E-state index contributed by atoms with van der Waals surface area (Å²) < 4.78 is 5.07. The molecule has 9 nitrogen and oxygen atoms in total. The molecule has 0 bridgehead atoms. The molecule has 0 saturated carbocycles. The zero-order chi connectivity index (χ0) is 18.5. The van der Waals surface area contributed by atoms with Crippen LogP contribution in [0.5, 0.6) is 0 Å². The van der Waals surface area contributed by atoms with E-state index in [1.54, 1.807) is 12.1 Å². The maximum atomic E-state index is 12.6. The van der Waals surface area contributed by atoms with E-state index in [0.717, 1.165) is 0 Å². The number of carbonyl (C=O) groups excluding carboxylic acids is 2. The highest BCUT2D eigenvalue weighted by atomic mass is 16.6. The summed E-state index contributed by atoms with van der Waals surface area (Å²) >= 11 is 0. The van der Waals surface area contributed by atoms with E-state index in [4.69, 9.17) is 4.42 Å². The highest BCUT2D eigenvalue weighted by Crippen LogP contribution is 2.21. The molecule has 1 fully saturated rings. The summed E-state index contributed by atoms with van der Waals surface area (Å²) in [5.74, 6) is -0.233. The van der Waals surface area contributed by atoms with Crippen LogP contribution in [0.4, 0.5) is 5.69 Å². The van der Waals surface area contributed by atoms with E-state index in [1.165, 1.54) is 41.6 Å². The number of rotatable bonds is 5. The number of nitrogens with zero attached hydrogens (tertiary/aromatic N) is 3. The van der Waals surface area contributed by atoms with Gasteiger partial charge in [0.1, 0.15) is 11.8 Å². The minimum absolute atomic E-state index is 0.0930. The second-order valence-corrected chi connectivity index (χ2v) is 5.71. The van der Waals surface area contributed by atoms with E-state index in [-0.39, 0.29) is 17.5 Å². The lowest BCUT2D eigenvalue weighted by Gasteiger charge is -2.23. The van der Waals surface area contributed by atoms with Crippen molar-refractivity contribution >= 4 is 23.7 Å². The van der Waals surface area contributed by atoms with Gasteiger partial charge in [0, 0.05) is 24.2 Å². The molecule has 1 aliphatic heterocycles. The number of hydrogen-bond acceptors (Lipinski definition) is 6. The Morgan fingerprint density at radius 1 is 1.31 bits per heavy atom. The summed E-state index contributed by atoms with van der Waals surface area (Å²) in [5, 5.41) is 14.5. The smallest absolute Gasteiger partial charge is 0.269 e. The molecule has 0 radical (unpaired) electrons. The number of non-ortho nitro benzene ring substituents is 1. The largest absolute Gasteiger partial charge is 0.463 e. The fourth-order valence-corrected chi connectivity index (χ4v) is 2.77. The van der Waals surface area contributed by atoms with E-state index in [2.05, 4.69) is 10.5 Å². The summed E-state index contributed by atoms with van der Waals surface area (Å²) in [6.07, 6.45) is 4.08. The van der Waals surface area contributed by atoms with Crippen molar-refractivity contribution in [2.45, 2.75) is 18.9 Å². The molecule has 3 rings (SSSR count). The van der Waals surface area contributed by atoms with Crippen molar-refractivity contribution in [3.63, 3.8) is 0 Å². The van der Waals surface area contributed by atoms with Gasteiger partial charge in [0.2, 0.25) is 0 Å². The monoisotopic (exact) mass is 356 g/mol. The van der Waals surface area contributed by atoms with Crippen molar-refractivity contribution in [1.29, 1.82) is 0 Å². The first kappa shape index (κ1) is 17.3. The first-order chi connectivity index (χ1) is 12.6. The Kier molecular flexibility index (Phi) is 5.07. The zero-order valence-corrected chi connectivity index (χ0v) is 13.7. The average molecular weight is 356 g/mol. The van der Waals surface area contributed by atoms with Gasteiger partial charge in [0.15, 0.2) is 0 Å². The molecule has 26 heavy (non-hydrogen) atoms. The Morgan fingerprint density at radius 3 is 2.73 bits per heavy atom. The normalized spacial score (nSPS) is 16.8. The number of carbonyl (C=O) groups is 2. The van der Waals surface area contributed by atoms with Crippen LogP contribution in [-0.4, -0.2) is 40.4 Å². The zero-order valence-electron chi connectivity index (χ0n) is 13.7. The van der Waals surface area contributed by atoms with Gasteiger partial charge < -0.3 is 9.32 Å². The van der Waals surface area contributed by atoms with E-state index in [1.807, 2.05) is 0 Å². The van der Waals surface area contributed by atoms with Gasteiger partial charge in [-0.3, -0.25) is 19.7 Å². The third-order valence-electron chi connectivity index (χ3n) is 4.05. The topological polar surface area (TPSA) is 118 Å². The number of hydrazone groups is 1. The summed E-state index contributed by atoms with van der Waals surface area (Å²) in [6, 6.07) is 8.08. The Bertz CT molecular complexity index is 829. The second kappa shape index (κ2) is 7.60. The molecule has 2 amide bonds. The molecule has 0 spiro atoms. The van der Waals surface area contributed by atoms with Crippen molar-refractivity contribution in [3.8, 4) is 0 Å². The molecule has 134 valence electrons. The third-order valence-corrected chi connectivity index (χ3v) is 4.05. The van der Waals surface area contributed by atoms with Crippen LogP contribution < -0.4 is 5.43 Å². The molecule has 0 unspecified atom stereocenters. The molecule has 1 aromatic heterocycles. The highest BCUT2D eigenvalue weighted by molar-refractivity contribution is 5.98. The molecule has 2 aromatic rings. The minimum Gasteiger partial charge on any atom is -0.463 e. The first-order valence-electron chi connectivity index (χ1n) is 7.98. The summed E-state index contributed by atoms with van der Waals surface area (Å²) in [4.78, 5) is 36.6.